The van der Waals surface area contributed by atoms with Gasteiger partial charge in [-0.15, -0.1) is 0 Å². The summed E-state index contributed by atoms with van der Waals surface area (Å²) in [5.41, 5.74) is 4.22. The second kappa shape index (κ2) is 14.3. The maximum absolute atomic E-state index is 13.4. The molecule has 1 fully saturated rings. The number of hydrogen-bond donors (Lipinski definition) is 0. The van der Waals surface area contributed by atoms with Gasteiger partial charge < -0.3 is 23.8 Å². The molecule has 10 nitrogen and oxygen atoms in total. The van der Waals surface area contributed by atoms with Gasteiger partial charge in [-0.1, -0.05) is 42.5 Å². The zero-order valence-corrected chi connectivity index (χ0v) is 27.9. The summed E-state index contributed by atoms with van der Waals surface area (Å²) in [5.74, 6) is 0.293. The molecule has 0 radical (unpaired) electrons. The topological polar surface area (TPSA) is 99.5 Å². The molecule has 1 aliphatic rings. The Morgan fingerprint density at radius 3 is 2.30 bits per heavy atom. The molecule has 0 aliphatic carbocycles. The summed E-state index contributed by atoms with van der Waals surface area (Å²) < 4.78 is 23.8. The number of esters is 1. The summed E-state index contributed by atoms with van der Waals surface area (Å²) in [7, 11) is 3.00. The molecule has 0 spiro atoms. The Kier molecular flexibility index (Phi) is 10.2. The highest BCUT2D eigenvalue weighted by Crippen LogP contribution is 2.36. The molecule has 10 heteroatoms. The Morgan fingerprint density at radius 1 is 0.915 bits per heavy atom. The van der Waals surface area contributed by atoms with Gasteiger partial charge in [0.1, 0.15) is 18.0 Å². The normalized spacial score (nSPS) is 15.6. The summed E-state index contributed by atoms with van der Waals surface area (Å²) in [6.07, 6.45) is 1.63. The van der Waals surface area contributed by atoms with Crippen LogP contribution in [0.15, 0.2) is 72.9 Å². The smallest absolute Gasteiger partial charge is 0.419 e. The largest absolute Gasteiger partial charge is 0.496 e. The number of methoxy groups -OCH3 is 2. The van der Waals surface area contributed by atoms with Crippen molar-refractivity contribution in [3.63, 3.8) is 0 Å². The lowest BCUT2D eigenvalue weighted by molar-refractivity contribution is 0.0542. The van der Waals surface area contributed by atoms with Crippen LogP contribution in [0.5, 0.6) is 5.75 Å². The fraction of sp³-hybridized carbons (Fsp3) is 0.378. The first kappa shape index (κ1) is 33.5. The van der Waals surface area contributed by atoms with E-state index in [1.807, 2.05) is 82.3 Å². The zero-order chi connectivity index (χ0) is 33.7. The minimum Gasteiger partial charge on any atom is -0.496 e. The number of fused-ring (bicyclic) bond motifs is 1. The highest BCUT2D eigenvalue weighted by atomic mass is 16.6. The summed E-state index contributed by atoms with van der Waals surface area (Å²) in [4.78, 5) is 42.8. The molecule has 3 aromatic carbocycles. The quantitative estimate of drug-likeness (QED) is 0.156. The number of rotatable bonds is 7. The van der Waals surface area contributed by atoms with Gasteiger partial charge >= 0.3 is 18.2 Å². The summed E-state index contributed by atoms with van der Waals surface area (Å²) in [5, 5.41) is 0.885. The number of ether oxygens (including phenoxy) is 4. The Balaban J connectivity index is 1.49. The fourth-order valence-electron chi connectivity index (χ4n) is 6.05. The third-order valence-corrected chi connectivity index (χ3v) is 8.29. The van der Waals surface area contributed by atoms with Crippen molar-refractivity contribution in [2.45, 2.75) is 58.9 Å². The van der Waals surface area contributed by atoms with Gasteiger partial charge in [-0.05, 0) is 75.1 Å². The van der Waals surface area contributed by atoms with Gasteiger partial charge in [0.05, 0.1) is 31.3 Å². The van der Waals surface area contributed by atoms with Crippen molar-refractivity contribution in [1.82, 2.24) is 14.4 Å². The van der Waals surface area contributed by atoms with Crippen molar-refractivity contribution in [3.8, 4) is 5.75 Å². The summed E-state index contributed by atoms with van der Waals surface area (Å²) in [6.45, 7) is 9.72. The van der Waals surface area contributed by atoms with Gasteiger partial charge in [-0.3, -0.25) is 9.47 Å². The van der Waals surface area contributed by atoms with E-state index in [0.717, 1.165) is 33.2 Å². The van der Waals surface area contributed by atoms with Crippen molar-refractivity contribution in [3.05, 3.63) is 101 Å². The predicted octanol–water partition coefficient (Wildman–Crippen LogP) is 7.11. The highest BCUT2D eigenvalue weighted by molar-refractivity contribution is 5.95. The number of carbonyl (C=O) groups excluding carboxylic acids is 3. The van der Waals surface area contributed by atoms with Gasteiger partial charge in [0, 0.05) is 43.3 Å². The molecule has 5 rings (SSSR count). The maximum atomic E-state index is 13.4. The van der Waals surface area contributed by atoms with Crippen LogP contribution in [-0.4, -0.2) is 72.0 Å². The van der Waals surface area contributed by atoms with Crippen LogP contribution in [0.3, 0.4) is 0 Å². The van der Waals surface area contributed by atoms with Crippen molar-refractivity contribution >= 4 is 29.1 Å². The molecule has 1 aliphatic heterocycles. The average Bonchev–Trinajstić information content (AvgIpc) is 3.41. The van der Waals surface area contributed by atoms with Gasteiger partial charge in [-0.25, -0.2) is 14.4 Å². The molecule has 1 amide bonds. The minimum atomic E-state index is -0.645. The molecule has 1 unspecified atom stereocenters. The highest BCUT2D eigenvalue weighted by Gasteiger charge is 2.31. The molecule has 1 atom stereocenters. The van der Waals surface area contributed by atoms with Crippen molar-refractivity contribution in [2.75, 3.05) is 33.9 Å². The average molecular weight is 642 g/mol. The van der Waals surface area contributed by atoms with E-state index in [9.17, 15) is 14.4 Å². The van der Waals surface area contributed by atoms with E-state index in [0.29, 0.717) is 43.9 Å². The first-order chi connectivity index (χ1) is 22.5. The molecule has 0 N–H and O–H groups in total. The lowest BCUT2D eigenvalue weighted by atomic mass is 10.00. The van der Waals surface area contributed by atoms with E-state index >= 15 is 0 Å². The van der Waals surface area contributed by atoms with Crippen molar-refractivity contribution < 1.29 is 33.3 Å². The van der Waals surface area contributed by atoms with Crippen LogP contribution in [0.1, 0.15) is 65.8 Å². The van der Waals surface area contributed by atoms with Crippen LogP contribution in [-0.2, 0) is 27.4 Å². The van der Waals surface area contributed by atoms with E-state index in [1.165, 1.54) is 7.11 Å². The zero-order valence-electron chi connectivity index (χ0n) is 27.9. The number of hydrogen-bond acceptors (Lipinski definition) is 8. The molecule has 1 saturated heterocycles. The lowest BCUT2D eigenvalue weighted by Crippen LogP contribution is -2.38. The maximum Gasteiger partial charge on any atom is 0.419 e. The third-order valence-electron chi connectivity index (χ3n) is 8.29. The fourth-order valence-corrected chi connectivity index (χ4v) is 6.05. The van der Waals surface area contributed by atoms with Crippen molar-refractivity contribution in [2.24, 2.45) is 0 Å². The second-order valence-corrected chi connectivity index (χ2v) is 12.7. The molecule has 2 heterocycles. The Labute approximate surface area is 275 Å². The number of amides is 1. The standard InChI is InChI=1S/C37H43N3O7/c1-25-21-32(44-5)30(29-17-20-40(33(25)29)36(43)47-37(2,3)4)22-38-18-10-19-39(35(42)46-24-26-11-8-7-9-12-26)23-31(38)27-13-15-28(16-14-27)34(41)45-6/h7-9,11-17,20-21,31H,10,18-19,22-24H2,1-6H3. The van der Waals surface area contributed by atoms with Crippen LogP contribution in [0, 0.1) is 6.92 Å². The second-order valence-electron chi connectivity index (χ2n) is 12.7. The molecule has 0 saturated carbocycles. The number of aryl methyl sites for hydroxylation is 1. The first-order valence-electron chi connectivity index (χ1n) is 15.8. The van der Waals surface area contributed by atoms with Crippen LogP contribution >= 0.6 is 0 Å². The van der Waals surface area contributed by atoms with Gasteiger partial charge in [0.25, 0.3) is 0 Å². The number of benzene rings is 3. The first-order valence-corrected chi connectivity index (χ1v) is 15.8. The van der Waals surface area contributed by atoms with E-state index in [4.69, 9.17) is 18.9 Å². The van der Waals surface area contributed by atoms with Gasteiger partial charge in [-0.2, -0.15) is 0 Å². The molecule has 248 valence electrons. The van der Waals surface area contributed by atoms with Gasteiger partial charge in [0.2, 0.25) is 0 Å². The van der Waals surface area contributed by atoms with Crippen LogP contribution in [0.25, 0.3) is 10.9 Å². The Bertz CT molecular complexity index is 1720. The number of nitrogens with zero attached hydrogens (tertiary/aromatic N) is 3. The van der Waals surface area contributed by atoms with E-state index in [1.54, 1.807) is 34.9 Å². The summed E-state index contributed by atoms with van der Waals surface area (Å²) >= 11 is 0. The number of carbonyl (C=O) groups is 3. The van der Waals surface area contributed by atoms with Crippen molar-refractivity contribution in [1.29, 1.82) is 0 Å². The SMILES string of the molecule is COC(=O)c1ccc(C2CN(C(=O)OCc3ccccc3)CCCN2Cc2c(OC)cc(C)c3c2ccn3C(=O)OC(C)(C)C)cc1. The minimum absolute atomic E-state index is 0.186. The molecular formula is C37H43N3O7. The molecule has 0 bridgehead atoms. The van der Waals surface area contributed by atoms with Crippen LogP contribution < -0.4 is 4.74 Å². The molecule has 47 heavy (non-hydrogen) atoms. The van der Waals surface area contributed by atoms with Crippen LogP contribution in [0.2, 0.25) is 0 Å². The molecule has 4 aromatic rings. The Hall–Kier alpha value is -4.83. The monoisotopic (exact) mass is 641 g/mol. The third kappa shape index (κ3) is 7.77. The number of aromatic nitrogens is 1. The van der Waals surface area contributed by atoms with Gasteiger partial charge in [0.15, 0.2) is 0 Å². The van der Waals surface area contributed by atoms with E-state index in [2.05, 4.69) is 4.90 Å². The summed E-state index contributed by atoms with van der Waals surface area (Å²) in [6, 6.07) is 20.5. The predicted molar refractivity (Wildman–Crippen MR) is 179 cm³/mol. The molecular weight excluding hydrogens is 598 g/mol. The molecule has 1 aromatic heterocycles. The van der Waals surface area contributed by atoms with E-state index < -0.39 is 17.7 Å². The lowest BCUT2D eigenvalue weighted by Gasteiger charge is -2.32. The van der Waals surface area contributed by atoms with Crippen LogP contribution in [0.4, 0.5) is 9.59 Å². The Morgan fingerprint density at radius 2 is 1.64 bits per heavy atom. The van der Waals surface area contributed by atoms with E-state index in [-0.39, 0.29) is 18.7 Å².